The number of hydrogen-bond donors (Lipinski definition) is 1. The molecule has 3 nitrogen and oxygen atoms in total. The highest BCUT2D eigenvalue weighted by Crippen LogP contribution is 2.17. The molecule has 2 heterocycles. The molecule has 0 saturated carbocycles. The number of nitrogens with one attached hydrogen (secondary N) is 1. The smallest absolute Gasteiger partial charge is 0.0674 e. The Hall–Kier alpha value is -0.120. The van der Waals surface area contributed by atoms with Crippen molar-refractivity contribution >= 4 is 0 Å². The van der Waals surface area contributed by atoms with Gasteiger partial charge in [0.15, 0.2) is 0 Å². The molecule has 0 aromatic rings. The minimum atomic E-state index is 0.413. The van der Waals surface area contributed by atoms with E-state index in [4.69, 9.17) is 4.74 Å². The van der Waals surface area contributed by atoms with Crippen LogP contribution in [0.15, 0.2) is 0 Å². The lowest BCUT2D eigenvalue weighted by Crippen LogP contribution is -2.48. The fourth-order valence-corrected chi connectivity index (χ4v) is 2.93. The van der Waals surface area contributed by atoms with E-state index in [2.05, 4.69) is 24.1 Å². The molecule has 3 atom stereocenters. The number of ether oxygens (including phenoxy) is 1. The fraction of sp³-hybridized carbons (Fsp3) is 1.00. The van der Waals surface area contributed by atoms with E-state index in [1.54, 1.807) is 0 Å². The molecule has 0 radical (unpaired) electrons. The normalized spacial score (nSPS) is 34.9. The van der Waals surface area contributed by atoms with Crippen LogP contribution in [0.5, 0.6) is 0 Å². The average Bonchev–Trinajstić information content (AvgIpc) is 2.30. The Morgan fingerprint density at radius 1 is 1.44 bits per heavy atom. The first-order valence-corrected chi connectivity index (χ1v) is 6.84. The summed E-state index contributed by atoms with van der Waals surface area (Å²) >= 11 is 0. The average molecular weight is 226 g/mol. The molecule has 0 bridgehead atoms. The molecule has 2 aliphatic rings. The van der Waals surface area contributed by atoms with E-state index in [1.807, 2.05) is 0 Å². The minimum Gasteiger partial charge on any atom is -0.376 e. The van der Waals surface area contributed by atoms with Crippen molar-refractivity contribution in [1.29, 1.82) is 0 Å². The van der Waals surface area contributed by atoms with Crippen LogP contribution in [0.1, 0.15) is 39.5 Å². The highest BCUT2D eigenvalue weighted by atomic mass is 16.5. The largest absolute Gasteiger partial charge is 0.376 e. The van der Waals surface area contributed by atoms with Crippen molar-refractivity contribution in [2.75, 3.05) is 26.2 Å². The molecule has 2 fully saturated rings. The number of piperidine rings is 1. The van der Waals surface area contributed by atoms with Crippen LogP contribution in [0.3, 0.4) is 0 Å². The Labute approximate surface area is 99.5 Å². The van der Waals surface area contributed by atoms with E-state index >= 15 is 0 Å². The molecule has 0 spiro atoms. The maximum absolute atomic E-state index is 5.59. The lowest BCUT2D eigenvalue weighted by Gasteiger charge is -2.37. The predicted octanol–water partition coefficient (Wildman–Crippen LogP) is 1.63. The van der Waals surface area contributed by atoms with E-state index in [0.717, 1.165) is 25.7 Å². The van der Waals surface area contributed by atoms with Gasteiger partial charge in [-0.15, -0.1) is 0 Å². The van der Waals surface area contributed by atoms with Crippen molar-refractivity contribution < 1.29 is 4.74 Å². The molecular weight excluding hydrogens is 200 g/mol. The lowest BCUT2D eigenvalue weighted by molar-refractivity contribution is -0.0340. The minimum absolute atomic E-state index is 0.413. The number of hydrogen-bond acceptors (Lipinski definition) is 3. The molecular formula is C13H26N2O. The summed E-state index contributed by atoms with van der Waals surface area (Å²) in [5, 5.41) is 3.64. The summed E-state index contributed by atoms with van der Waals surface area (Å²) in [6.07, 6.45) is 5.84. The summed E-state index contributed by atoms with van der Waals surface area (Å²) in [6.45, 7) is 8.89. The molecule has 1 N–H and O–H groups in total. The van der Waals surface area contributed by atoms with Crippen LogP contribution in [-0.4, -0.2) is 49.3 Å². The Kier molecular flexibility index (Phi) is 4.62. The molecule has 3 unspecified atom stereocenters. The zero-order chi connectivity index (χ0) is 11.4. The van der Waals surface area contributed by atoms with Gasteiger partial charge in [-0.05, 0) is 39.7 Å². The zero-order valence-electron chi connectivity index (χ0n) is 10.7. The third-order valence-corrected chi connectivity index (χ3v) is 3.93. The van der Waals surface area contributed by atoms with Crippen molar-refractivity contribution in [2.24, 2.45) is 0 Å². The first-order valence-electron chi connectivity index (χ1n) is 6.84. The summed E-state index contributed by atoms with van der Waals surface area (Å²) in [7, 11) is 0. The van der Waals surface area contributed by atoms with Gasteiger partial charge in [0.2, 0.25) is 0 Å². The van der Waals surface area contributed by atoms with Gasteiger partial charge in [-0.25, -0.2) is 0 Å². The molecule has 0 aliphatic carbocycles. The van der Waals surface area contributed by atoms with Gasteiger partial charge in [-0.3, -0.25) is 4.90 Å². The topological polar surface area (TPSA) is 24.5 Å². The van der Waals surface area contributed by atoms with Gasteiger partial charge in [0.1, 0.15) is 0 Å². The quantitative estimate of drug-likeness (QED) is 0.791. The van der Waals surface area contributed by atoms with Crippen molar-refractivity contribution in [1.82, 2.24) is 10.2 Å². The standard InChI is InChI=1S/C13H26N2O/c1-11(9-13-5-3-4-6-14-13)15-7-8-16-12(2)10-15/h11-14H,3-10H2,1-2H3. The van der Waals surface area contributed by atoms with E-state index in [1.165, 1.54) is 32.2 Å². The van der Waals surface area contributed by atoms with E-state index in [9.17, 15) is 0 Å². The molecule has 3 heteroatoms. The first-order chi connectivity index (χ1) is 7.75. The fourth-order valence-electron chi connectivity index (χ4n) is 2.93. The van der Waals surface area contributed by atoms with Crippen LogP contribution in [0.2, 0.25) is 0 Å². The van der Waals surface area contributed by atoms with Crippen LogP contribution in [0.4, 0.5) is 0 Å². The van der Waals surface area contributed by atoms with Gasteiger partial charge in [0, 0.05) is 25.2 Å². The van der Waals surface area contributed by atoms with Gasteiger partial charge in [0.25, 0.3) is 0 Å². The zero-order valence-corrected chi connectivity index (χ0v) is 10.7. The molecule has 0 aromatic carbocycles. The molecule has 2 saturated heterocycles. The highest BCUT2D eigenvalue weighted by molar-refractivity contribution is 4.80. The SMILES string of the molecule is CC1CN(C(C)CC2CCCCN2)CCO1. The Bertz CT molecular complexity index is 204. The van der Waals surface area contributed by atoms with Gasteiger partial charge in [-0.2, -0.15) is 0 Å². The summed E-state index contributed by atoms with van der Waals surface area (Å²) in [5.41, 5.74) is 0. The summed E-state index contributed by atoms with van der Waals surface area (Å²) < 4.78 is 5.59. The Morgan fingerprint density at radius 3 is 3.00 bits per heavy atom. The third-order valence-electron chi connectivity index (χ3n) is 3.93. The summed E-state index contributed by atoms with van der Waals surface area (Å²) in [6, 6.07) is 1.45. The summed E-state index contributed by atoms with van der Waals surface area (Å²) in [4.78, 5) is 2.59. The van der Waals surface area contributed by atoms with Gasteiger partial charge in [0.05, 0.1) is 12.7 Å². The van der Waals surface area contributed by atoms with Gasteiger partial charge in [-0.1, -0.05) is 6.42 Å². The van der Waals surface area contributed by atoms with E-state index in [0.29, 0.717) is 12.1 Å². The Morgan fingerprint density at radius 2 is 2.31 bits per heavy atom. The Balaban J connectivity index is 1.75. The maximum Gasteiger partial charge on any atom is 0.0674 e. The number of nitrogens with zero attached hydrogens (tertiary/aromatic N) is 1. The highest BCUT2D eigenvalue weighted by Gasteiger charge is 2.24. The molecule has 2 aliphatic heterocycles. The molecule has 0 amide bonds. The van der Waals surface area contributed by atoms with Crippen LogP contribution >= 0.6 is 0 Å². The monoisotopic (exact) mass is 226 g/mol. The second kappa shape index (κ2) is 5.99. The molecule has 0 aromatic heterocycles. The van der Waals surface area contributed by atoms with Crippen LogP contribution in [0, 0.1) is 0 Å². The summed E-state index contributed by atoms with van der Waals surface area (Å²) in [5.74, 6) is 0. The number of rotatable bonds is 3. The molecule has 2 rings (SSSR count). The van der Waals surface area contributed by atoms with E-state index < -0.39 is 0 Å². The predicted molar refractivity (Wildman–Crippen MR) is 66.7 cm³/mol. The van der Waals surface area contributed by atoms with Gasteiger partial charge < -0.3 is 10.1 Å². The lowest BCUT2D eigenvalue weighted by atomic mass is 9.98. The van der Waals surface area contributed by atoms with Crippen LogP contribution < -0.4 is 5.32 Å². The first kappa shape index (κ1) is 12.3. The second-order valence-corrected chi connectivity index (χ2v) is 5.41. The van der Waals surface area contributed by atoms with Gasteiger partial charge >= 0.3 is 0 Å². The van der Waals surface area contributed by atoms with E-state index in [-0.39, 0.29) is 0 Å². The van der Waals surface area contributed by atoms with Crippen LogP contribution in [-0.2, 0) is 4.74 Å². The van der Waals surface area contributed by atoms with Crippen molar-refractivity contribution in [3.63, 3.8) is 0 Å². The van der Waals surface area contributed by atoms with Crippen molar-refractivity contribution in [3.8, 4) is 0 Å². The van der Waals surface area contributed by atoms with Crippen molar-refractivity contribution in [3.05, 3.63) is 0 Å². The molecule has 16 heavy (non-hydrogen) atoms. The maximum atomic E-state index is 5.59. The van der Waals surface area contributed by atoms with Crippen LogP contribution in [0.25, 0.3) is 0 Å². The number of morpholine rings is 1. The molecule has 94 valence electrons. The third kappa shape index (κ3) is 3.44. The van der Waals surface area contributed by atoms with Crippen molar-refractivity contribution in [2.45, 2.75) is 57.7 Å². The second-order valence-electron chi connectivity index (χ2n) is 5.41.